The molecule has 5 heteroatoms. The highest BCUT2D eigenvalue weighted by molar-refractivity contribution is 7.09. The molecule has 0 saturated heterocycles. The number of hydrogen-bond acceptors (Lipinski definition) is 4. The fraction of sp³-hybridized carbons (Fsp3) is 0.733. The number of carbonyl (C=O) groups is 1. The molecule has 2 atom stereocenters. The van der Waals surface area contributed by atoms with E-state index in [0.29, 0.717) is 12.2 Å². The minimum Gasteiger partial charge on any atom is -0.351 e. The number of aromatic nitrogens is 1. The van der Waals surface area contributed by atoms with Crippen LogP contribution in [0.3, 0.4) is 0 Å². The van der Waals surface area contributed by atoms with Gasteiger partial charge in [-0.25, -0.2) is 4.98 Å². The van der Waals surface area contributed by atoms with E-state index < -0.39 is 0 Å². The van der Waals surface area contributed by atoms with Gasteiger partial charge in [0.05, 0.1) is 5.01 Å². The number of rotatable bonds is 6. The largest absolute Gasteiger partial charge is 0.351 e. The minimum absolute atomic E-state index is 0.0478. The Kier molecular flexibility index (Phi) is 5.98. The summed E-state index contributed by atoms with van der Waals surface area (Å²) in [6.45, 7) is 3.67. The van der Waals surface area contributed by atoms with Crippen LogP contribution in [-0.4, -0.2) is 24.0 Å². The zero-order chi connectivity index (χ0) is 14.4. The molecule has 1 aliphatic rings. The molecular weight excluding hydrogens is 270 g/mol. The van der Waals surface area contributed by atoms with Crippen LogP contribution < -0.4 is 11.1 Å². The van der Waals surface area contributed by atoms with E-state index in [1.807, 2.05) is 5.38 Å². The van der Waals surface area contributed by atoms with Crippen LogP contribution in [0, 0.1) is 11.8 Å². The monoisotopic (exact) mass is 295 g/mol. The molecule has 0 aliphatic heterocycles. The molecule has 2 rings (SSSR count). The van der Waals surface area contributed by atoms with Crippen molar-refractivity contribution >= 4 is 17.2 Å². The molecule has 1 aromatic heterocycles. The molecule has 0 bridgehead atoms. The van der Waals surface area contributed by atoms with Gasteiger partial charge in [0.1, 0.15) is 5.69 Å². The Balaban J connectivity index is 1.71. The van der Waals surface area contributed by atoms with E-state index in [0.717, 1.165) is 36.2 Å². The first-order valence-electron chi connectivity index (χ1n) is 7.61. The van der Waals surface area contributed by atoms with Gasteiger partial charge in [-0.2, -0.15) is 0 Å². The van der Waals surface area contributed by atoms with Crippen LogP contribution in [0.4, 0.5) is 0 Å². The summed E-state index contributed by atoms with van der Waals surface area (Å²) in [5.41, 5.74) is 6.02. The molecule has 0 spiro atoms. The summed E-state index contributed by atoms with van der Waals surface area (Å²) in [5, 5.41) is 5.76. The molecule has 4 nitrogen and oxygen atoms in total. The van der Waals surface area contributed by atoms with Crippen molar-refractivity contribution in [1.82, 2.24) is 10.3 Å². The van der Waals surface area contributed by atoms with Crippen molar-refractivity contribution in [2.24, 2.45) is 17.6 Å². The molecule has 1 amide bonds. The number of carbonyl (C=O) groups excluding carboxylic acids is 1. The van der Waals surface area contributed by atoms with Crippen LogP contribution in [0.1, 0.15) is 54.5 Å². The summed E-state index contributed by atoms with van der Waals surface area (Å²) < 4.78 is 0. The fourth-order valence-corrected chi connectivity index (χ4v) is 3.75. The van der Waals surface area contributed by atoms with Crippen molar-refractivity contribution < 1.29 is 4.79 Å². The predicted molar refractivity (Wildman–Crippen MR) is 82.9 cm³/mol. The molecule has 1 aliphatic carbocycles. The van der Waals surface area contributed by atoms with Crippen LogP contribution >= 0.6 is 11.3 Å². The van der Waals surface area contributed by atoms with Gasteiger partial charge < -0.3 is 11.1 Å². The van der Waals surface area contributed by atoms with Crippen LogP contribution in [0.25, 0.3) is 0 Å². The average Bonchev–Trinajstić information content (AvgIpc) is 2.88. The van der Waals surface area contributed by atoms with Crippen molar-refractivity contribution in [2.45, 2.75) is 45.4 Å². The maximum atomic E-state index is 12.0. The number of thiazole rings is 1. The Bertz CT molecular complexity index is 433. The Morgan fingerprint density at radius 1 is 1.55 bits per heavy atom. The number of nitrogens with zero attached hydrogens (tertiary/aromatic N) is 1. The van der Waals surface area contributed by atoms with Crippen LogP contribution in [0.2, 0.25) is 0 Å². The second kappa shape index (κ2) is 7.74. The number of nitrogens with one attached hydrogen (secondary N) is 1. The van der Waals surface area contributed by atoms with Gasteiger partial charge in [-0.05, 0) is 31.2 Å². The molecule has 1 fully saturated rings. The lowest BCUT2D eigenvalue weighted by Gasteiger charge is -2.26. The van der Waals surface area contributed by atoms with Crippen LogP contribution in [0.5, 0.6) is 0 Å². The molecule has 1 saturated carbocycles. The summed E-state index contributed by atoms with van der Waals surface area (Å²) in [5.74, 6) is 1.58. The Morgan fingerprint density at radius 2 is 2.40 bits per heavy atom. The highest BCUT2D eigenvalue weighted by atomic mass is 32.1. The van der Waals surface area contributed by atoms with Gasteiger partial charge >= 0.3 is 0 Å². The van der Waals surface area contributed by atoms with E-state index in [1.54, 1.807) is 0 Å². The van der Waals surface area contributed by atoms with E-state index in [2.05, 4.69) is 17.2 Å². The van der Waals surface area contributed by atoms with Gasteiger partial charge in [0.25, 0.3) is 5.91 Å². The first-order chi connectivity index (χ1) is 9.69. The second-order valence-electron chi connectivity index (χ2n) is 5.85. The van der Waals surface area contributed by atoms with E-state index in [4.69, 9.17) is 5.73 Å². The van der Waals surface area contributed by atoms with Crippen molar-refractivity contribution in [3.8, 4) is 0 Å². The Morgan fingerprint density at radius 3 is 3.15 bits per heavy atom. The van der Waals surface area contributed by atoms with Gasteiger partial charge in [0.15, 0.2) is 0 Å². The van der Waals surface area contributed by atoms with Crippen molar-refractivity contribution in [1.29, 1.82) is 0 Å². The SMILES string of the molecule is CC1CCCC(CCNC(=O)c2csc(CCN)n2)C1. The van der Waals surface area contributed by atoms with E-state index in [1.165, 1.54) is 37.0 Å². The van der Waals surface area contributed by atoms with E-state index >= 15 is 0 Å². The maximum absolute atomic E-state index is 12.0. The summed E-state index contributed by atoms with van der Waals surface area (Å²) in [7, 11) is 0. The second-order valence-corrected chi connectivity index (χ2v) is 6.79. The summed E-state index contributed by atoms with van der Waals surface area (Å²) in [6.07, 6.45) is 7.18. The van der Waals surface area contributed by atoms with Gasteiger partial charge in [-0.3, -0.25) is 4.79 Å². The highest BCUT2D eigenvalue weighted by Crippen LogP contribution is 2.30. The third kappa shape index (κ3) is 4.56. The van der Waals surface area contributed by atoms with Gasteiger partial charge in [-0.1, -0.05) is 26.2 Å². The fourth-order valence-electron chi connectivity index (χ4n) is 2.96. The molecule has 112 valence electrons. The molecule has 3 N–H and O–H groups in total. The van der Waals surface area contributed by atoms with E-state index in [9.17, 15) is 4.79 Å². The van der Waals surface area contributed by atoms with Crippen molar-refractivity contribution in [3.05, 3.63) is 16.1 Å². The van der Waals surface area contributed by atoms with Crippen LogP contribution in [-0.2, 0) is 6.42 Å². The first kappa shape index (κ1) is 15.4. The molecule has 1 heterocycles. The highest BCUT2D eigenvalue weighted by Gasteiger charge is 2.19. The average molecular weight is 295 g/mol. The number of nitrogens with two attached hydrogens (primary N) is 1. The third-order valence-corrected chi connectivity index (χ3v) is 4.93. The zero-order valence-corrected chi connectivity index (χ0v) is 13.0. The van der Waals surface area contributed by atoms with Gasteiger partial charge in [0, 0.05) is 18.3 Å². The normalized spacial score (nSPS) is 22.7. The quantitative estimate of drug-likeness (QED) is 0.847. The number of hydrogen-bond donors (Lipinski definition) is 2. The maximum Gasteiger partial charge on any atom is 0.270 e. The predicted octanol–water partition coefficient (Wildman–Crippen LogP) is 2.59. The molecule has 0 aromatic carbocycles. The summed E-state index contributed by atoms with van der Waals surface area (Å²) >= 11 is 1.51. The smallest absolute Gasteiger partial charge is 0.270 e. The number of amides is 1. The van der Waals surface area contributed by atoms with Gasteiger partial charge in [0.2, 0.25) is 0 Å². The lowest BCUT2D eigenvalue weighted by atomic mass is 9.81. The molecule has 2 unspecified atom stereocenters. The van der Waals surface area contributed by atoms with Crippen molar-refractivity contribution in [3.63, 3.8) is 0 Å². The zero-order valence-electron chi connectivity index (χ0n) is 12.2. The third-order valence-electron chi connectivity index (χ3n) is 4.03. The Hall–Kier alpha value is -0.940. The molecular formula is C15H25N3OS. The minimum atomic E-state index is -0.0478. The standard InChI is InChI=1S/C15H25N3OS/c1-11-3-2-4-12(9-11)6-8-17-15(19)13-10-20-14(18-13)5-7-16/h10-12H,2-9,16H2,1H3,(H,17,19). The van der Waals surface area contributed by atoms with Gasteiger partial charge in [-0.15, -0.1) is 11.3 Å². The van der Waals surface area contributed by atoms with Crippen LogP contribution in [0.15, 0.2) is 5.38 Å². The lowest BCUT2D eigenvalue weighted by molar-refractivity contribution is 0.0945. The summed E-state index contributed by atoms with van der Waals surface area (Å²) in [4.78, 5) is 16.3. The summed E-state index contributed by atoms with van der Waals surface area (Å²) in [6, 6.07) is 0. The Labute approximate surface area is 125 Å². The topological polar surface area (TPSA) is 68.0 Å². The van der Waals surface area contributed by atoms with E-state index in [-0.39, 0.29) is 5.91 Å². The first-order valence-corrected chi connectivity index (χ1v) is 8.49. The van der Waals surface area contributed by atoms with Crippen molar-refractivity contribution in [2.75, 3.05) is 13.1 Å². The molecule has 0 radical (unpaired) electrons. The molecule has 20 heavy (non-hydrogen) atoms. The molecule has 1 aromatic rings. The lowest BCUT2D eigenvalue weighted by Crippen LogP contribution is -2.27.